The molecule has 0 spiro atoms. The molecule has 2 aromatic carbocycles. The quantitative estimate of drug-likeness (QED) is 0.712. The number of fused-ring (bicyclic) bond motifs is 1. The van der Waals surface area contributed by atoms with Crippen LogP contribution in [0.1, 0.15) is 17.9 Å². The minimum atomic E-state index is -0.689. The summed E-state index contributed by atoms with van der Waals surface area (Å²) in [6.45, 7) is 0.434. The molecular weight excluding hydrogens is 358 g/mol. The summed E-state index contributed by atoms with van der Waals surface area (Å²) in [5.41, 5.74) is 0.170. The number of aliphatic hydroxyl groups is 1. The highest BCUT2D eigenvalue weighted by molar-refractivity contribution is 5.83. The molecule has 144 valence electrons. The number of H-pyrrole nitrogens is 1. The Morgan fingerprint density at radius 3 is 2.64 bits per heavy atom. The van der Waals surface area contributed by atoms with Crippen LogP contribution in [0.25, 0.3) is 10.8 Å². The summed E-state index contributed by atoms with van der Waals surface area (Å²) in [5.74, 6) is -0.354. The van der Waals surface area contributed by atoms with Gasteiger partial charge in [0.15, 0.2) is 0 Å². The van der Waals surface area contributed by atoms with Gasteiger partial charge in [-0.05, 0) is 22.8 Å². The fourth-order valence-electron chi connectivity index (χ4n) is 3.80. The van der Waals surface area contributed by atoms with Gasteiger partial charge in [-0.15, -0.1) is 0 Å². The largest absolute Gasteiger partial charge is 0.391 e. The smallest absolute Gasteiger partial charge is 0.265 e. The minimum Gasteiger partial charge on any atom is -0.391 e. The van der Waals surface area contributed by atoms with Gasteiger partial charge >= 0.3 is 0 Å². The standard InChI is InChI=1S/C21H21N3O4/c25-18-12-23(21(28)13-24-20(27)8-7-19(26)22-24)10-9-17(18)16-6-5-14-3-1-2-4-15(14)11-16/h1-8,11,17-18,25H,9-10,12-13H2,(H,22,26)/t17-,18+/m0/s1. The zero-order valence-corrected chi connectivity index (χ0v) is 15.2. The van der Waals surface area contributed by atoms with E-state index in [1.165, 1.54) is 0 Å². The highest BCUT2D eigenvalue weighted by atomic mass is 16.3. The molecule has 2 atom stereocenters. The van der Waals surface area contributed by atoms with Crippen LogP contribution in [0.2, 0.25) is 0 Å². The lowest BCUT2D eigenvalue weighted by atomic mass is 9.86. The first-order valence-electron chi connectivity index (χ1n) is 9.26. The van der Waals surface area contributed by atoms with Gasteiger partial charge in [-0.25, -0.2) is 4.68 Å². The zero-order valence-electron chi connectivity index (χ0n) is 15.2. The van der Waals surface area contributed by atoms with Crippen molar-refractivity contribution in [2.75, 3.05) is 13.1 Å². The molecule has 1 aliphatic rings. The predicted molar refractivity (Wildman–Crippen MR) is 105 cm³/mol. The average molecular weight is 379 g/mol. The Morgan fingerprint density at radius 1 is 1.07 bits per heavy atom. The second-order valence-corrected chi connectivity index (χ2v) is 7.14. The molecule has 4 rings (SSSR count). The van der Waals surface area contributed by atoms with Crippen LogP contribution in [0.4, 0.5) is 0 Å². The number of nitrogens with one attached hydrogen (secondary N) is 1. The highest BCUT2D eigenvalue weighted by Gasteiger charge is 2.31. The molecule has 1 saturated heterocycles. The molecule has 2 N–H and O–H groups in total. The summed E-state index contributed by atoms with van der Waals surface area (Å²) in [4.78, 5) is 37.2. The number of piperidine rings is 1. The summed E-state index contributed by atoms with van der Waals surface area (Å²) in [5, 5.41) is 15.3. The fraction of sp³-hybridized carbons (Fsp3) is 0.286. The van der Waals surface area contributed by atoms with Crippen LogP contribution in [0.5, 0.6) is 0 Å². The van der Waals surface area contributed by atoms with Crippen molar-refractivity contribution >= 4 is 16.7 Å². The van der Waals surface area contributed by atoms with E-state index in [4.69, 9.17) is 0 Å². The summed E-state index contributed by atoms with van der Waals surface area (Å²) in [7, 11) is 0. The van der Waals surface area contributed by atoms with E-state index in [1.807, 2.05) is 36.4 Å². The monoisotopic (exact) mass is 379 g/mol. The second-order valence-electron chi connectivity index (χ2n) is 7.14. The molecule has 7 heteroatoms. The third kappa shape index (κ3) is 3.61. The molecule has 0 radical (unpaired) electrons. The number of carbonyl (C=O) groups excluding carboxylic acids is 1. The van der Waals surface area contributed by atoms with Crippen LogP contribution in [0, 0.1) is 0 Å². The van der Waals surface area contributed by atoms with Gasteiger partial charge < -0.3 is 10.0 Å². The summed E-state index contributed by atoms with van der Waals surface area (Å²) in [6.07, 6.45) is -0.0590. The van der Waals surface area contributed by atoms with E-state index >= 15 is 0 Å². The van der Waals surface area contributed by atoms with Crippen LogP contribution in [-0.4, -0.2) is 44.9 Å². The van der Waals surface area contributed by atoms with Crippen molar-refractivity contribution in [2.45, 2.75) is 25.0 Å². The Hall–Kier alpha value is -3.19. The van der Waals surface area contributed by atoms with E-state index in [9.17, 15) is 19.5 Å². The number of hydrogen-bond acceptors (Lipinski definition) is 4. The maximum atomic E-state index is 12.5. The highest BCUT2D eigenvalue weighted by Crippen LogP contribution is 2.30. The Bertz CT molecular complexity index is 1130. The molecule has 0 bridgehead atoms. The maximum absolute atomic E-state index is 12.5. The third-order valence-corrected chi connectivity index (χ3v) is 5.32. The molecule has 1 aromatic heterocycles. The molecule has 0 unspecified atom stereocenters. The number of nitrogens with zero attached hydrogens (tertiary/aromatic N) is 2. The number of hydrogen-bond donors (Lipinski definition) is 2. The van der Waals surface area contributed by atoms with Gasteiger partial charge in [0.1, 0.15) is 6.54 Å². The molecule has 2 heterocycles. The van der Waals surface area contributed by atoms with Gasteiger partial charge in [0, 0.05) is 31.1 Å². The maximum Gasteiger partial charge on any atom is 0.265 e. The molecular formula is C21H21N3O4. The van der Waals surface area contributed by atoms with E-state index in [1.54, 1.807) is 4.90 Å². The predicted octanol–water partition coefficient (Wildman–Crippen LogP) is 1.07. The van der Waals surface area contributed by atoms with Gasteiger partial charge in [0.05, 0.1) is 6.10 Å². The molecule has 1 fully saturated rings. The topological polar surface area (TPSA) is 95.4 Å². The normalized spacial score (nSPS) is 19.7. The van der Waals surface area contributed by atoms with Crippen molar-refractivity contribution in [1.82, 2.24) is 14.7 Å². The van der Waals surface area contributed by atoms with E-state index in [0.717, 1.165) is 33.2 Å². The third-order valence-electron chi connectivity index (χ3n) is 5.32. The molecule has 3 aromatic rings. The molecule has 1 aliphatic heterocycles. The van der Waals surface area contributed by atoms with Crippen LogP contribution >= 0.6 is 0 Å². The molecule has 7 nitrogen and oxygen atoms in total. The number of likely N-dealkylation sites (tertiary alicyclic amines) is 1. The Balaban J connectivity index is 1.47. The Labute approximate surface area is 160 Å². The second kappa shape index (κ2) is 7.44. The molecule has 28 heavy (non-hydrogen) atoms. The fourth-order valence-corrected chi connectivity index (χ4v) is 3.80. The number of aromatic nitrogens is 2. The Morgan fingerprint density at radius 2 is 1.86 bits per heavy atom. The number of carbonyl (C=O) groups is 1. The van der Waals surface area contributed by atoms with Gasteiger partial charge in [-0.3, -0.25) is 19.5 Å². The van der Waals surface area contributed by atoms with Crippen molar-refractivity contribution in [3.05, 3.63) is 80.9 Å². The van der Waals surface area contributed by atoms with Crippen molar-refractivity contribution in [3.63, 3.8) is 0 Å². The van der Waals surface area contributed by atoms with Gasteiger partial charge in [-0.1, -0.05) is 42.5 Å². The van der Waals surface area contributed by atoms with Crippen LogP contribution in [-0.2, 0) is 11.3 Å². The van der Waals surface area contributed by atoms with Crippen molar-refractivity contribution in [1.29, 1.82) is 0 Å². The lowest BCUT2D eigenvalue weighted by molar-refractivity contribution is -0.135. The van der Waals surface area contributed by atoms with Gasteiger partial charge in [0.25, 0.3) is 11.1 Å². The lowest BCUT2D eigenvalue weighted by Gasteiger charge is -2.36. The first-order valence-corrected chi connectivity index (χ1v) is 9.26. The summed E-state index contributed by atoms with van der Waals surface area (Å²) >= 11 is 0. The van der Waals surface area contributed by atoms with E-state index < -0.39 is 17.2 Å². The number of benzene rings is 2. The number of aliphatic hydroxyl groups excluding tert-OH is 1. The SMILES string of the molecule is O=C(Cn1[nH]c(=O)ccc1=O)N1CC[C@@H](c2ccc3ccccc3c2)[C@H](O)C1. The zero-order chi connectivity index (χ0) is 19.7. The van der Waals surface area contributed by atoms with Gasteiger partial charge in [0.2, 0.25) is 5.91 Å². The first kappa shape index (κ1) is 18.2. The van der Waals surface area contributed by atoms with E-state index in [0.29, 0.717) is 13.0 Å². The number of aromatic amines is 1. The molecule has 1 amide bonds. The van der Waals surface area contributed by atoms with Crippen molar-refractivity contribution in [3.8, 4) is 0 Å². The van der Waals surface area contributed by atoms with Crippen molar-refractivity contribution in [2.24, 2.45) is 0 Å². The Kier molecular flexibility index (Phi) is 4.83. The summed E-state index contributed by atoms with van der Waals surface area (Å²) < 4.78 is 0.993. The first-order chi connectivity index (χ1) is 13.5. The van der Waals surface area contributed by atoms with E-state index in [2.05, 4.69) is 11.2 Å². The minimum absolute atomic E-state index is 0.0482. The number of β-amino-alcohol motifs (C(OH)–C–C–N with tert-alkyl or cyclic N) is 1. The average Bonchev–Trinajstić information content (AvgIpc) is 2.70. The molecule has 0 aliphatic carbocycles. The van der Waals surface area contributed by atoms with Gasteiger partial charge in [-0.2, -0.15) is 0 Å². The lowest BCUT2D eigenvalue weighted by Crippen LogP contribution is -2.47. The number of rotatable bonds is 3. The van der Waals surface area contributed by atoms with E-state index in [-0.39, 0.29) is 24.9 Å². The molecule has 0 saturated carbocycles. The number of amides is 1. The summed E-state index contributed by atoms with van der Waals surface area (Å²) in [6, 6.07) is 16.5. The van der Waals surface area contributed by atoms with Crippen LogP contribution < -0.4 is 11.1 Å². The van der Waals surface area contributed by atoms with Crippen LogP contribution in [0.3, 0.4) is 0 Å². The van der Waals surface area contributed by atoms with Crippen LogP contribution in [0.15, 0.2) is 64.2 Å². The van der Waals surface area contributed by atoms with Crippen molar-refractivity contribution < 1.29 is 9.90 Å².